The molecule has 7 heteroatoms. The second-order valence-corrected chi connectivity index (χ2v) is 7.73. The summed E-state index contributed by atoms with van der Waals surface area (Å²) in [6.45, 7) is 1.34. The Morgan fingerprint density at radius 2 is 1.89 bits per heavy atom. The quantitative estimate of drug-likeness (QED) is 0.759. The van der Waals surface area contributed by atoms with Crippen molar-refractivity contribution in [3.63, 3.8) is 0 Å². The third-order valence-electron chi connectivity index (χ3n) is 5.38. The van der Waals surface area contributed by atoms with E-state index in [0.717, 1.165) is 37.1 Å². The number of rotatable bonds is 4. The zero-order valence-corrected chi connectivity index (χ0v) is 16.1. The summed E-state index contributed by atoms with van der Waals surface area (Å²) in [4.78, 5) is 26.7. The van der Waals surface area contributed by atoms with E-state index in [4.69, 9.17) is 11.6 Å². The first-order chi connectivity index (χ1) is 13.0. The molecule has 4 rings (SSSR count). The lowest BCUT2D eigenvalue weighted by molar-refractivity contribution is -0.127. The Bertz CT molecular complexity index is 934. The van der Waals surface area contributed by atoms with E-state index < -0.39 is 0 Å². The molecule has 1 aromatic heterocycles. The Kier molecular flexibility index (Phi) is 4.91. The van der Waals surface area contributed by atoms with E-state index in [9.17, 15) is 9.59 Å². The van der Waals surface area contributed by atoms with Gasteiger partial charge in [-0.2, -0.15) is 5.10 Å². The molecule has 1 saturated carbocycles. The molecule has 0 bridgehead atoms. The molecule has 27 heavy (non-hydrogen) atoms. The second-order valence-electron chi connectivity index (χ2n) is 7.32. The zero-order valence-electron chi connectivity index (χ0n) is 15.3. The summed E-state index contributed by atoms with van der Waals surface area (Å²) in [5, 5.41) is 5.12. The lowest BCUT2D eigenvalue weighted by Gasteiger charge is -2.31. The number of carbonyl (C=O) groups is 1. The van der Waals surface area contributed by atoms with Crippen molar-refractivity contribution in [1.29, 1.82) is 0 Å². The van der Waals surface area contributed by atoms with Crippen LogP contribution in [-0.2, 0) is 11.8 Å². The third-order valence-corrected chi connectivity index (χ3v) is 5.72. The van der Waals surface area contributed by atoms with Crippen LogP contribution in [0.1, 0.15) is 49.0 Å². The fraction of sp³-hybridized carbons (Fsp3) is 0.450. The molecular weight excluding hydrogens is 364 g/mol. The van der Waals surface area contributed by atoms with Crippen molar-refractivity contribution >= 4 is 23.6 Å². The number of aryl methyl sites for hydroxylation is 1. The molecule has 0 atom stereocenters. The van der Waals surface area contributed by atoms with Crippen molar-refractivity contribution < 1.29 is 4.79 Å². The van der Waals surface area contributed by atoms with Crippen LogP contribution in [-0.4, -0.2) is 38.2 Å². The smallest absolute Gasteiger partial charge is 0.339 e. The predicted molar refractivity (Wildman–Crippen MR) is 105 cm³/mol. The summed E-state index contributed by atoms with van der Waals surface area (Å²) >= 11 is 6.13. The molecule has 2 aromatic rings. The Morgan fingerprint density at radius 3 is 2.56 bits per heavy atom. The van der Waals surface area contributed by atoms with Gasteiger partial charge in [-0.25, -0.2) is 9.48 Å². The number of amides is 1. The van der Waals surface area contributed by atoms with Crippen LogP contribution in [0.5, 0.6) is 0 Å². The summed E-state index contributed by atoms with van der Waals surface area (Å²) in [6, 6.07) is 7.78. The summed E-state index contributed by atoms with van der Waals surface area (Å²) in [5.74, 6) is 1.12. The number of nitrogens with zero attached hydrogens (tertiary/aromatic N) is 4. The van der Waals surface area contributed by atoms with Crippen molar-refractivity contribution in [2.75, 3.05) is 13.1 Å². The molecule has 2 heterocycles. The van der Waals surface area contributed by atoms with Crippen molar-refractivity contribution in [2.45, 2.75) is 37.6 Å². The van der Waals surface area contributed by atoms with Gasteiger partial charge in [0.05, 0.1) is 0 Å². The van der Waals surface area contributed by atoms with Gasteiger partial charge in [0.1, 0.15) is 5.82 Å². The van der Waals surface area contributed by atoms with E-state index >= 15 is 0 Å². The summed E-state index contributed by atoms with van der Waals surface area (Å²) in [6.07, 6.45) is 7.12. The standard InChI is InChI=1S/C20H23ClN4O2/c1-23-20(27)25(16-7-8-16)19(22-23)15-10-12-24(13-11-15)18(26)9-6-14-4-2-3-5-17(14)21/h2-6,9,15-16H,7-8,10-13H2,1H3. The minimum Gasteiger partial charge on any atom is -0.339 e. The highest BCUT2D eigenvalue weighted by molar-refractivity contribution is 6.32. The lowest BCUT2D eigenvalue weighted by atomic mass is 9.95. The normalized spacial score (nSPS) is 18.4. The Balaban J connectivity index is 1.41. The molecule has 1 amide bonds. The average Bonchev–Trinajstić information content (AvgIpc) is 3.47. The maximum absolute atomic E-state index is 12.5. The number of piperidine rings is 1. The van der Waals surface area contributed by atoms with Crippen molar-refractivity contribution in [3.8, 4) is 0 Å². The van der Waals surface area contributed by atoms with Gasteiger partial charge in [0.2, 0.25) is 5.91 Å². The lowest BCUT2D eigenvalue weighted by Crippen LogP contribution is -2.37. The van der Waals surface area contributed by atoms with Gasteiger partial charge < -0.3 is 4.90 Å². The van der Waals surface area contributed by atoms with Gasteiger partial charge in [0.25, 0.3) is 0 Å². The van der Waals surface area contributed by atoms with Gasteiger partial charge in [0.15, 0.2) is 0 Å². The van der Waals surface area contributed by atoms with Crippen molar-refractivity contribution in [1.82, 2.24) is 19.2 Å². The number of benzene rings is 1. The van der Waals surface area contributed by atoms with Crippen LogP contribution < -0.4 is 5.69 Å². The molecule has 1 aromatic carbocycles. The number of likely N-dealkylation sites (tertiary alicyclic amines) is 1. The Labute approximate surface area is 163 Å². The molecule has 2 fully saturated rings. The van der Waals surface area contributed by atoms with Crippen LogP contribution >= 0.6 is 11.6 Å². The topological polar surface area (TPSA) is 60.1 Å². The molecule has 0 unspecified atom stereocenters. The largest absolute Gasteiger partial charge is 0.345 e. The Morgan fingerprint density at radius 1 is 1.19 bits per heavy atom. The first-order valence-corrected chi connectivity index (χ1v) is 9.79. The monoisotopic (exact) mass is 386 g/mol. The van der Waals surface area contributed by atoms with Crippen LogP contribution in [0.3, 0.4) is 0 Å². The fourth-order valence-electron chi connectivity index (χ4n) is 3.69. The van der Waals surface area contributed by atoms with E-state index in [-0.39, 0.29) is 17.5 Å². The number of hydrogen-bond acceptors (Lipinski definition) is 3. The van der Waals surface area contributed by atoms with Gasteiger partial charge in [-0.15, -0.1) is 0 Å². The minimum atomic E-state index is -0.0197. The SMILES string of the molecule is Cn1nc(C2CCN(C(=O)C=Cc3ccccc3Cl)CC2)n(C2CC2)c1=O. The van der Waals surface area contributed by atoms with Crippen molar-refractivity contribution in [3.05, 3.63) is 57.2 Å². The molecule has 0 N–H and O–H groups in total. The van der Waals surface area contributed by atoms with E-state index in [1.165, 1.54) is 4.68 Å². The van der Waals surface area contributed by atoms with Gasteiger partial charge >= 0.3 is 5.69 Å². The highest BCUT2D eigenvalue weighted by Crippen LogP contribution is 2.37. The first-order valence-electron chi connectivity index (χ1n) is 9.41. The van der Waals surface area contributed by atoms with E-state index in [1.54, 1.807) is 19.2 Å². The fourth-order valence-corrected chi connectivity index (χ4v) is 3.89. The van der Waals surface area contributed by atoms with Crippen molar-refractivity contribution in [2.24, 2.45) is 7.05 Å². The van der Waals surface area contributed by atoms with Crippen LogP contribution in [0.15, 0.2) is 35.1 Å². The zero-order chi connectivity index (χ0) is 19.0. The molecular formula is C20H23ClN4O2. The van der Waals surface area contributed by atoms with E-state index in [2.05, 4.69) is 5.10 Å². The molecule has 0 radical (unpaired) electrons. The number of carbonyl (C=O) groups excluding carboxylic acids is 1. The highest BCUT2D eigenvalue weighted by Gasteiger charge is 2.33. The van der Waals surface area contributed by atoms with Crippen LogP contribution in [0, 0.1) is 0 Å². The van der Waals surface area contributed by atoms with E-state index in [1.807, 2.05) is 33.7 Å². The summed E-state index contributed by atoms with van der Waals surface area (Å²) in [5.41, 5.74) is 0.818. The summed E-state index contributed by atoms with van der Waals surface area (Å²) < 4.78 is 3.32. The molecule has 1 saturated heterocycles. The second kappa shape index (κ2) is 7.35. The highest BCUT2D eigenvalue weighted by atomic mass is 35.5. The minimum absolute atomic E-state index is 0.00558. The van der Waals surface area contributed by atoms with Crippen LogP contribution in [0.25, 0.3) is 6.08 Å². The maximum atomic E-state index is 12.5. The summed E-state index contributed by atoms with van der Waals surface area (Å²) in [7, 11) is 1.71. The molecule has 1 aliphatic heterocycles. The predicted octanol–water partition coefficient (Wildman–Crippen LogP) is 2.99. The molecule has 2 aliphatic rings. The van der Waals surface area contributed by atoms with Crippen LogP contribution in [0.2, 0.25) is 5.02 Å². The Hall–Kier alpha value is -2.34. The van der Waals surface area contributed by atoms with Gasteiger partial charge in [0, 0.05) is 43.2 Å². The molecule has 6 nitrogen and oxygen atoms in total. The van der Waals surface area contributed by atoms with Gasteiger partial charge in [-0.3, -0.25) is 9.36 Å². The number of aromatic nitrogens is 3. The van der Waals surface area contributed by atoms with Gasteiger partial charge in [-0.1, -0.05) is 29.8 Å². The maximum Gasteiger partial charge on any atom is 0.345 e. The first kappa shape index (κ1) is 18.0. The van der Waals surface area contributed by atoms with E-state index in [0.29, 0.717) is 24.2 Å². The molecule has 142 valence electrons. The molecule has 0 spiro atoms. The average molecular weight is 387 g/mol. The van der Waals surface area contributed by atoms with Gasteiger partial charge in [-0.05, 0) is 43.4 Å². The number of hydrogen-bond donors (Lipinski definition) is 0. The third kappa shape index (κ3) is 3.72. The molecule has 1 aliphatic carbocycles. The van der Waals surface area contributed by atoms with Crippen LogP contribution in [0.4, 0.5) is 0 Å². The number of halogens is 1.